The summed E-state index contributed by atoms with van der Waals surface area (Å²) in [6, 6.07) is 16.0. The van der Waals surface area contributed by atoms with Crippen LogP contribution in [-0.2, 0) is 13.2 Å². The van der Waals surface area contributed by atoms with Crippen molar-refractivity contribution >= 4 is 0 Å². The van der Waals surface area contributed by atoms with Crippen molar-refractivity contribution in [3.8, 4) is 16.9 Å². The van der Waals surface area contributed by atoms with E-state index in [-0.39, 0.29) is 24.3 Å². The Morgan fingerprint density at radius 1 is 0.862 bits per heavy atom. The third-order valence-corrected chi connectivity index (χ3v) is 4.97. The van der Waals surface area contributed by atoms with E-state index in [0.29, 0.717) is 6.61 Å². The fourth-order valence-electron chi connectivity index (χ4n) is 3.60. The maximum absolute atomic E-state index is 13.6. The van der Waals surface area contributed by atoms with Crippen LogP contribution in [0.3, 0.4) is 0 Å². The highest BCUT2D eigenvalue weighted by molar-refractivity contribution is 5.73. The highest BCUT2D eigenvalue weighted by Crippen LogP contribution is 2.37. The van der Waals surface area contributed by atoms with Gasteiger partial charge in [0.05, 0.1) is 12.3 Å². The molecule has 1 heterocycles. The van der Waals surface area contributed by atoms with Crippen LogP contribution >= 0.6 is 0 Å². The average molecular weight is 394 g/mol. The number of ether oxygens (including phenoxy) is 1. The zero-order valence-electron chi connectivity index (χ0n) is 17.4. The van der Waals surface area contributed by atoms with Gasteiger partial charge < -0.3 is 9.84 Å². The minimum absolute atomic E-state index is 0.135. The first-order chi connectivity index (χ1) is 13.9. The zero-order chi connectivity index (χ0) is 21.0. The lowest BCUT2D eigenvalue weighted by molar-refractivity contribution is 0.278. The number of aromatic nitrogens is 1. The lowest BCUT2D eigenvalue weighted by Crippen LogP contribution is -2.14. The zero-order valence-corrected chi connectivity index (χ0v) is 17.4. The standard InChI is InChI=1S/C25H28FNO2/c1-16(2)24-21(14-28)23(18-10-12-19(26)13-11-18)22(25(27-24)17(3)4)15-29-20-8-6-5-7-9-20/h5-13,16-17,28H,14-15H2,1-4H3. The molecule has 0 radical (unpaired) electrons. The minimum atomic E-state index is -0.288. The Hall–Kier alpha value is -2.72. The van der Waals surface area contributed by atoms with Crippen LogP contribution < -0.4 is 4.74 Å². The predicted molar refractivity (Wildman–Crippen MR) is 115 cm³/mol. The molecule has 2 aromatic carbocycles. The summed E-state index contributed by atoms with van der Waals surface area (Å²) in [5.41, 5.74) is 5.28. The summed E-state index contributed by atoms with van der Waals surface area (Å²) in [6.45, 7) is 8.53. The molecular weight excluding hydrogens is 365 g/mol. The molecule has 3 aromatic rings. The number of pyridine rings is 1. The summed E-state index contributed by atoms with van der Waals surface area (Å²) < 4.78 is 19.7. The molecule has 3 rings (SSSR count). The van der Waals surface area contributed by atoms with Gasteiger partial charge in [0.25, 0.3) is 0 Å². The normalized spacial score (nSPS) is 11.3. The van der Waals surface area contributed by atoms with Gasteiger partial charge in [0.1, 0.15) is 18.2 Å². The third kappa shape index (κ3) is 4.65. The van der Waals surface area contributed by atoms with Gasteiger partial charge in [-0.1, -0.05) is 58.0 Å². The molecule has 0 spiro atoms. The Bertz CT molecular complexity index is 951. The second kappa shape index (κ2) is 9.19. The van der Waals surface area contributed by atoms with E-state index < -0.39 is 0 Å². The van der Waals surface area contributed by atoms with Crippen LogP contribution in [0.5, 0.6) is 5.75 Å². The van der Waals surface area contributed by atoms with E-state index in [2.05, 4.69) is 27.7 Å². The van der Waals surface area contributed by atoms with E-state index in [1.807, 2.05) is 30.3 Å². The second-order valence-corrected chi connectivity index (χ2v) is 7.79. The van der Waals surface area contributed by atoms with Crippen molar-refractivity contribution in [2.45, 2.75) is 52.7 Å². The van der Waals surface area contributed by atoms with Gasteiger partial charge in [-0.05, 0) is 47.2 Å². The van der Waals surface area contributed by atoms with Gasteiger partial charge in [0, 0.05) is 16.8 Å². The van der Waals surface area contributed by atoms with E-state index in [1.54, 1.807) is 12.1 Å². The van der Waals surface area contributed by atoms with E-state index >= 15 is 0 Å². The number of nitrogens with zero attached hydrogens (tertiary/aromatic N) is 1. The molecule has 0 saturated carbocycles. The van der Waals surface area contributed by atoms with Crippen molar-refractivity contribution in [2.75, 3.05) is 0 Å². The number of para-hydroxylation sites is 1. The molecule has 0 saturated heterocycles. The molecule has 0 aliphatic heterocycles. The summed E-state index contributed by atoms with van der Waals surface area (Å²) in [6.07, 6.45) is 0. The van der Waals surface area contributed by atoms with Gasteiger partial charge >= 0.3 is 0 Å². The van der Waals surface area contributed by atoms with Crippen LogP contribution in [-0.4, -0.2) is 10.1 Å². The van der Waals surface area contributed by atoms with Crippen molar-refractivity contribution in [3.63, 3.8) is 0 Å². The summed E-state index contributed by atoms with van der Waals surface area (Å²) >= 11 is 0. The average Bonchev–Trinajstić information content (AvgIpc) is 2.72. The molecule has 0 unspecified atom stereocenters. The topological polar surface area (TPSA) is 42.4 Å². The summed E-state index contributed by atoms with van der Waals surface area (Å²) in [5.74, 6) is 0.807. The molecule has 0 aliphatic rings. The first-order valence-electron chi connectivity index (χ1n) is 10.0. The first-order valence-corrected chi connectivity index (χ1v) is 10.0. The highest BCUT2D eigenvalue weighted by atomic mass is 19.1. The number of hydrogen-bond acceptors (Lipinski definition) is 3. The Balaban J connectivity index is 2.22. The largest absolute Gasteiger partial charge is 0.489 e. The van der Waals surface area contributed by atoms with Gasteiger partial charge in [-0.3, -0.25) is 4.98 Å². The molecule has 29 heavy (non-hydrogen) atoms. The fourth-order valence-corrected chi connectivity index (χ4v) is 3.60. The SMILES string of the molecule is CC(C)c1nc(C(C)C)c(COc2ccccc2)c(-c2ccc(F)cc2)c1CO. The van der Waals surface area contributed by atoms with Gasteiger partial charge in [-0.25, -0.2) is 4.39 Å². The van der Waals surface area contributed by atoms with E-state index in [9.17, 15) is 9.50 Å². The van der Waals surface area contributed by atoms with Crippen molar-refractivity contribution in [1.82, 2.24) is 4.98 Å². The van der Waals surface area contributed by atoms with Crippen molar-refractivity contribution in [2.24, 2.45) is 0 Å². The highest BCUT2D eigenvalue weighted by Gasteiger charge is 2.23. The quantitative estimate of drug-likeness (QED) is 0.519. The third-order valence-electron chi connectivity index (χ3n) is 4.97. The maximum atomic E-state index is 13.6. The van der Waals surface area contributed by atoms with E-state index in [4.69, 9.17) is 9.72 Å². The Kier molecular flexibility index (Phi) is 6.65. The van der Waals surface area contributed by atoms with Gasteiger partial charge in [-0.2, -0.15) is 0 Å². The van der Waals surface area contributed by atoms with Gasteiger partial charge in [-0.15, -0.1) is 0 Å². The van der Waals surface area contributed by atoms with Gasteiger partial charge in [0.15, 0.2) is 0 Å². The molecule has 0 aliphatic carbocycles. The Labute approximate surface area is 172 Å². The second-order valence-electron chi connectivity index (χ2n) is 7.79. The lowest BCUT2D eigenvalue weighted by Gasteiger charge is -2.24. The molecule has 0 bridgehead atoms. The minimum Gasteiger partial charge on any atom is -0.489 e. The smallest absolute Gasteiger partial charge is 0.123 e. The molecule has 1 N–H and O–H groups in total. The van der Waals surface area contributed by atoms with E-state index in [1.165, 1.54) is 12.1 Å². The number of aliphatic hydroxyl groups is 1. The fraction of sp³-hybridized carbons (Fsp3) is 0.320. The lowest BCUT2D eigenvalue weighted by atomic mass is 9.87. The number of benzene rings is 2. The summed E-state index contributed by atoms with van der Waals surface area (Å²) in [5, 5.41) is 10.2. The number of halogens is 1. The Morgan fingerprint density at radius 2 is 1.45 bits per heavy atom. The van der Waals surface area contributed by atoms with Crippen LogP contribution in [0.2, 0.25) is 0 Å². The molecule has 0 fully saturated rings. The summed E-state index contributed by atoms with van der Waals surface area (Å²) in [7, 11) is 0. The Morgan fingerprint density at radius 3 is 2.00 bits per heavy atom. The van der Waals surface area contributed by atoms with Crippen LogP contribution in [0.25, 0.3) is 11.1 Å². The van der Waals surface area contributed by atoms with Gasteiger partial charge in [0.2, 0.25) is 0 Å². The predicted octanol–water partition coefficient (Wildman–Crippen LogP) is 6.21. The van der Waals surface area contributed by atoms with Crippen LogP contribution in [0.15, 0.2) is 54.6 Å². The number of aliphatic hydroxyl groups excluding tert-OH is 1. The molecule has 1 aromatic heterocycles. The molecule has 152 valence electrons. The van der Waals surface area contributed by atoms with Crippen molar-refractivity contribution in [1.29, 1.82) is 0 Å². The molecule has 0 atom stereocenters. The molecule has 4 heteroatoms. The van der Waals surface area contributed by atoms with E-state index in [0.717, 1.165) is 39.4 Å². The molecule has 3 nitrogen and oxygen atoms in total. The summed E-state index contributed by atoms with van der Waals surface area (Å²) in [4.78, 5) is 4.94. The maximum Gasteiger partial charge on any atom is 0.123 e. The molecular formula is C25H28FNO2. The van der Waals surface area contributed by atoms with Crippen molar-refractivity contribution in [3.05, 3.63) is 82.9 Å². The number of hydrogen-bond donors (Lipinski definition) is 1. The monoisotopic (exact) mass is 393 g/mol. The first kappa shape index (κ1) is 21.0. The van der Waals surface area contributed by atoms with Crippen LogP contribution in [0.4, 0.5) is 4.39 Å². The number of rotatable bonds is 7. The van der Waals surface area contributed by atoms with Crippen LogP contribution in [0, 0.1) is 5.82 Å². The molecule has 0 amide bonds. The van der Waals surface area contributed by atoms with Crippen LogP contribution in [0.1, 0.15) is 62.0 Å². The van der Waals surface area contributed by atoms with Crippen molar-refractivity contribution < 1.29 is 14.2 Å².